The van der Waals surface area contributed by atoms with Gasteiger partial charge in [-0.05, 0) is 47.9 Å². The Balaban J connectivity index is 1.76. The number of carboxylic acids is 1. The molecule has 0 bridgehead atoms. The number of carbonyl (C=O) groups is 2. The number of carbonyl (C=O) groups excluding carboxylic acids is 1. The summed E-state index contributed by atoms with van der Waals surface area (Å²) in [5.41, 5.74) is 2.41. The molecule has 7 heteroatoms. The van der Waals surface area contributed by atoms with Crippen molar-refractivity contribution in [1.29, 1.82) is 0 Å². The molecule has 0 radical (unpaired) electrons. The van der Waals surface area contributed by atoms with Crippen molar-refractivity contribution in [3.8, 4) is 5.75 Å². The predicted molar refractivity (Wildman–Crippen MR) is 119 cm³/mol. The molecule has 1 heterocycles. The quantitative estimate of drug-likeness (QED) is 0.558. The first-order valence-electron chi connectivity index (χ1n) is 10.4. The summed E-state index contributed by atoms with van der Waals surface area (Å²) in [6, 6.07) is 16.7. The summed E-state index contributed by atoms with van der Waals surface area (Å²) in [4.78, 5) is 25.8. The lowest BCUT2D eigenvalue weighted by Gasteiger charge is -2.37. The van der Waals surface area contributed by atoms with Gasteiger partial charge in [-0.25, -0.2) is 13.6 Å². The lowest BCUT2D eigenvalue weighted by Crippen LogP contribution is -2.40. The van der Waals surface area contributed by atoms with Gasteiger partial charge in [0, 0.05) is 23.7 Å². The van der Waals surface area contributed by atoms with Gasteiger partial charge >= 0.3 is 5.97 Å². The van der Waals surface area contributed by atoms with E-state index in [4.69, 9.17) is 9.84 Å². The summed E-state index contributed by atoms with van der Waals surface area (Å²) in [6.45, 7) is -0.259. The number of amides is 1. The van der Waals surface area contributed by atoms with Crippen molar-refractivity contribution in [3.63, 3.8) is 0 Å². The SMILES string of the molecule is O=C(O)COc1ccc(F)cc1C1c2ccccc2CCN1C(=O)/C=C/c1ccccc1F. The first kappa shape index (κ1) is 22.2. The number of benzene rings is 3. The summed E-state index contributed by atoms with van der Waals surface area (Å²) >= 11 is 0. The number of halogens is 2. The Morgan fingerprint density at radius 2 is 1.79 bits per heavy atom. The first-order valence-corrected chi connectivity index (χ1v) is 10.4. The molecular formula is C26H21F2NO4. The minimum Gasteiger partial charge on any atom is -0.482 e. The van der Waals surface area contributed by atoms with Crippen molar-refractivity contribution in [2.24, 2.45) is 0 Å². The fraction of sp³-hybridized carbons (Fsp3) is 0.154. The zero-order valence-electron chi connectivity index (χ0n) is 17.6. The van der Waals surface area contributed by atoms with E-state index in [1.165, 1.54) is 36.4 Å². The molecule has 5 nitrogen and oxygen atoms in total. The van der Waals surface area contributed by atoms with Crippen LogP contribution in [-0.4, -0.2) is 35.0 Å². The number of hydrogen-bond donors (Lipinski definition) is 1. The van der Waals surface area contributed by atoms with E-state index in [-0.39, 0.29) is 17.2 Å². The van der Waals surface area contributed by atoms with Gasteiger partial charge < -0.3 is 14.7 Å². The molecule has 0 fully saturated rings. The van der Waals surface area contributed by atoms with Gasteiger partial charge in [-0.1, -0.05) is 42.5 Å². The smallest absolute Gasteiger partial charge is 0.341 e. The third kappa shape index (κ3) is 4.92. The minimum absolute atomic E-state index is 0.177. The van der Waals surface area contributed by atoms with Crippen LogP contribution in [0, 0.1) is 11.6 Å². The summed E-state index contributed by atoms with van der Waals surface area (Å²) in [7, 11) is 0. The van der Waals surface area contributed by atoms with Crippen LogP contribution in [0.15, 0.2) is 72.8 Å². The number of carboxylic acid groups (broad SMARTS) is 1. The van der Waals surface area contributed by atoms with E-state index in [1.54, 1.807) is 23.1 Å². The van der Waals surface area contributed by atoms with Crippen LogP contribution >= 0.6 is 0 Å². The van der Waals surface area contributed by atoms with Crippen molar-refractivity contribution < 1.29 is 28.2 Å². The zero-order chi connectivity index (χ0) is 23.4. The molecule has 0 spiro atoms. The molecule has 0 aromatic heterocycles. The van der Waals surface area contributed by atoms with Gasteiger partial charge in [0.1, 0.15) is 17.4 Å². The molecule has 0 aliphatic carbocycles. The van der Waals surface area contributed by atoms with E-state index in [9.17, 15) is 18.4 Å². The Kier molecular flexibility index (Phi) is 6.49. The second-order valence-corrected chi connectivity index (χ2v) is 7.60. The van der Waals surface area contributed by atoms with Gasteiger partial charge in [0.15, 0.2) is 6.61 Å². The van der Waals surface area contributed by atoms with Crippen LogP contribution in [0.3, 0.4) is 0 Å². The Labute approximate surface area is 189 Å². The Hall–Kier alpha value is -4.00. The highest BCUT2D eigenvalue weighted by molar-refractivity contribution is 5.92. The summed E-state index contributed by atoms with van der Waals surface area (Å²) in [6.07, 6.45) is 3.28. The molecule has 33 heavy (non-hydrogen) atoms. The highest BCUT2D eigenvalue weighted by Crippen LogP contribution is 2.40. The lowest BCUT2D eigenvalue weighted by atomic mass is 9.87. The topological polar surface area (TPSA) is 66.8 Å². The molecule has 1 atom stereocenters. The molecule has 4 rings (SSSR count). The highest BCUT2D eigenvalue weighted by Gasteiger charge is 2.33. The molecule has 1 amide bonds. The second kappa shape index (κ2) is 9.65. The van der Waals surface area contributed by atoms with E-state index < -0.39 is 30.3 Å². The van der Waals surface area contributed by atoms with Crippen LogP contribution < -0.4 is 4.74 Å². The molecular weight excluding hydrogens is 428 g/mol. The molecule has 3 aromatic carbocycles. The number of ether oxygens (including phenoxy) is 1. The molecule has 1 aliphatic heterocycles. The fourth-order valence-corrected chi connectivity index (χ4v) is 4.01. The zero-order valence-corrected chi connectivity index (χ0v) is 17.6. The Morgan fingerprint density at radius 1 is 1.03 bits per heavy atom. The fourth-order valence-electron chi connectivity index (χ4n) is 4.01. The number of rotatable bonds is 6. The largest absolute Gasteiger partial charge is 0.482 e. The van der Waals surface area contributed by atoms with Crippen LogP contribution in [0.4, 0.5) is 8.78 Å². The van der Waals surface area contributed by atoms with Gasteiger partial charge in [-0.3, -0.25) is 4.79 Å². The van der Waals surface area contributed by atoms with Gasteiger partial charge in [0.05, 0.1) is 6.04 Å². The molecule has 1 N–H and O–H groups in total. The molecule has 3 aromatic rings. The van der Waals surface area contributed by atoms with Crippen molar-refractivity contribution >= 4 is 18.0 Å². The lowest BCUT2D eigenvalue weighted by molar-refractivity contribution is -0.139. The molecule has 168 valence electrons. The van der Waals surface area contributed by atoms with E-state index in [0.29, 0.717) is 18.5 Å². The molecule has 1 aliphatic rings. The second-order valence-electron chi connectivity index (χ2n) is 7.60. The first-order chi connectivity index (χ1) is 15.9. The Bertz CT molecular complexity index is 1220. The van der Waals surface area contributed by atoms with Gasteiger partial charge in [-0.2, -0.15) is 0 Å². The third-order valence-electron chi connectivity index (χ3n) is 5.49. The maximum atomic E-state index is 14.3. The van der Waals surface area contributed by atoms with Gasteiger partial charge in [-0.15, -0.1) is 0 Å². The van der Waals surface area contributed by atoms with E-state index in [1.807, 2.05) is 24.3 Å². The molecule has 0 saturated carbocycles. The number of hydrogen-bond acceptors (Lipinski definition) is 3. The predicted octanol–water partition coefficient (Wildman–Crippen LogP) is 4.62. The standard InChI is InChI=1S/C26H21F2NO4/c27-19-10-11-23(33-16-25(31)32)21(15-19)26-20-7-3-1-5-17(20)13-14-29(26)24(30)12-9-18-6-2-4-8-22(18)28/h1-12,15,26H,13-14,16H2,(H,31,32)/b12-9+. The number of fused-ring (bicyclic) bond motifs is 1. The average molecular weight is 449 g/mol. The minimum atomic E-state index is -1.17. The average Bonchev–Trinajstić information content (AvgIpc) is 2.81. The number of aliphatic carboxylic acids is 1. The van der Waals surface area contributed by atoms with Crippen LogP contribution in [0.25, 0.3) is 6.08 Å². The molecule has 1 unspecified atom stereocenters. The van der Waals surface area contributed by atoms with Crippen molar-refractivity contribution in [2.75, 3.05) is 13.2 Å². The van der Waals surface area contributed by atoms with Gasteiger partial charge in [0.2, 0.25) is 5.91 Å². The van der Waals surface area contributed by atoms with Crippen LogP contribution in [-0.2, 0) is 16.0 Å². The van der Waals surface area contributed by atoms with E-state index in [2.05, 4.69) is 0 Å². The van der Waals surface area contributed by atoms with E-state index >= 15 is 0 Å². The summed E-state index contributed by atoms with van der Waals surface area (Å²) < 4.78 is 33.7. The Morgan fingerprint density at radius 3 is 2.58 bits per heavy atom. The molecule has 0 saturated heterocycles. The maximum Gasteiger partial charge on any atom is 0.341 e. The normalized spacial score (nSPS) is 15.3. The van der Waals surface area contributed by atoms with Crippen LogP contribution in [0.1, 0.15) is 28.3 Å². The van der Waals surface area contributed by atoms with Crippen molar-refractivity contribution in [3.05, 3.63) is 107 Å². The summed E-state index contributed by atoms with van der Waals surface area (Å²) in [5, 5.41) is 9.03. The monoisotopic (exact) mass is 449 g/mol. The summed E-state index contributed by atoms with van der Waals surface area (Å²) in [5.74, 6) is -2.36. The third-order valence-corrected chi connectivity index (χ3v) is 5.49. The van der Waals surface area contributed by atoms with Crippen LogP contribution in [0.5, 0.6) is 5.75 Å². The highest BCUT2D eigenvalue weighted by atomic mass is 19.1. The van der Waals surface area contributed by atoms with Crippen molar-refractivity contribution in [1.82, 2.24) is 4.90 Å². The maximum absolute atomic E-state index is 14.3. The van der Waals surface area contributed by atoms with E-state index in [0.717, 1.165) is 11.1 Å². The van der Waals surface area contributed by atoms with Gasteiger partial charge in [0.25, 0.3) is 0 Å². The van der Waals surface area contributed by atoms with Crippen molar-refractivity contribution in [2.45, 2.75) is 12.5 Å². The van der Waals surface area contributed by atoms with Crippen LogP contribution in [0.2, 0.25) is 0 Å². The number of nitrogens with zero attached hydrogens (tertiary/aromatic N) is 1.